The van der Waals surface area contributed by atoms with Crippen LogP contribution in [0.15, 0.2) is 24.5 Å². The molecule has 4 heteroatoms. The van der Waals surface area contributed by atoms with Crippen molar-refractivity contribution < 1.29 is 9.18 Å². The molecule has 0 saturated carbocycles. The highest BCUT2D eigenvalue weighted by Crippen LogP contribution is 2.23. The van der Waals surface area contributed by atoms with Gasteiger partial charge in [-0.25, -0.2) is 4.39 Å². The molecule has 0 N–H and O–H groups in total. The molecule has 2 aromatic rings. The molecule has 0 unspecified atom stereocenters. The summed E-state index contributed by atoms with van der Waals surface area (Å²) < 4.78 is 15.2. The fourth-order valence-corrected chi connectivity index (χ4v) is 1.56. The summed E-state index contributed by atoms with van der Waals surface area (Å²) in [7, 11) is 1.79. The molecule has 0 spiro atoms. The minimum Gasteiger partial charge on any atom is -0.298 e. The Morgan fingerprint density at radius 1 is 1.38 bits per heavy atom. The number of hydrogen-bond acceptors (Lipinski definition) is 2. The van der Waals surface area contributed by atoms with Crippen LogP contribution in [-0.4, -0.2) is 16.1 Å². The van der Waals surface area contributed by atoms with Gasteiger partial charge in [-0.3, -0.25) is 9.48 Å². The first-order valence-corrected chi connectivity index (χ1v) is 4.86. The van der Waals surface area contributed by atoms with E-state index in [0.29, 0.717) is 23.0 Å². The average Bonchev–Trinajstić information content (AvgIpc) is 2.69. The van der Waals surface area contributed by atoms with Crippen LogP contribution in [0.4, 0.5) is 4.39 Å². The fraction of sp³-hybridized carbons (Fsp3) is 0.167. The van der Waals surface area contributed by atoms with Crippen molar-refractivity contribution in [2.75, 3.05) is 0 Å². The molecule has 82 valence electrons. The second kappa shape index (κ2) is 3.89. The molecule has 0 fully saturated rings. The molecule has 2 rings (SSSR count). The number of carbonyl (C=O) groups excluding carboxylic acids is 1. The number of rotatable bonds is 2. The van der Waals surface area contributed by atoms with Crippen molar-refractivity contribution in [3.05, 3.63) is 41.5 Å². The third kappa shape index (κ3) is 1.74. The van der Waals surface area contributed by atoms with Gasteiger partial charge >= 0.3 is 0 Å². The minimum absolute atomic E-state index is 0.372. The average molecular weight is 218 g/mol. The predicted molar refractivity (Wildman–Crippen MR) is 58.7 cm³/mol. The molecule has 0 saturated heterocycles. The molecular weight excluding hydrogens is 207 g/mol. The van der Waals surface area contributed by atoms with Crippen LogP contribution in [0, 0.1) is 12.7 Å². The van der Waals surface area contributed by atoms with E-state index in [2.05, 4.69) is 5.10 Å². The summed E-state index contributed by atoms with van der Waals surface area (Å²) in [5.41, 5.74) is 2.21. The van der Waals surface area contributed by atoms with Crippen LogP contribution < -0.4 is 0 Å². The van der Waals surface area contributed by atoms with E-state index in [-0.39, 0.29) is 5.82 Å². The monoisotopic (exact) mass is 218 g/mol. The Balaban J connectivity index is 2.58. The van der Waals surface area contributed by atoms with Crippen molar-refractivity contribution in [3.63, 3.8) is 0 Å². The lowest BCUT2D eigenvalue weighted by Gasteiger charge is -2.04. The van der Waals surface area contributed by atoms with Crippen molar-refractivity contribution in [2.45, 2.75) is 6.92 Å². The number of aryl methyl sites for hydroxylation is 1. The van der Waals surface area contributed by atoms with E-state index in [1.165, 1.54) is 6.07 Å². The van der Waals surface area contributed by atoms with Crippen LogP contribution >= 0.6 is 0 Å². The Kier molecular flexibility index (Phi) is 2.56. The van der Waals surface area contributed by atoms with Crippen LogP contribution in [0.3, 0.4) is 0 Å². The molecule has 16 heavy (non-hydrogen) atoms. The van der Waals surface area contributed by atoms with Crippen molar-refractivity contribution in [3.8, 4) is 11.1 Å². The first-order chi connectivity index (χ1) is 7.61. The largest absolute Gasteiger partial charge is 0.298 e. The molecule has 3 nitrogen and oxygen atoms in total. The number of hydrogen-bond donors (Lipinski definition) is 0. The Bertz CT molecular complexity index is 546. The molecule has 1 aromatic carbocycles. The lowest BCUT2D eigenvalue weighted by atomic mass is 10.0. The molecule has 1 aromatic heterocycles. The van der Waals surface area contributed by atoms with Gasteiger partial charge in [-0.1, -0.05) is 0 Å². The molecular formula is C12H11FN2O. The zero-order valence-corrected chi connectivity index (χ0v) is 9.07. The van der Waals surface area contributed by atoms with Crippen LogP contribution in [0.25, 0.3) is 11.1 Å². The first-order valence-electron chi connectivity index (χ1n) is 4.86. The summed E-state index contributed by atoms with van der Waals surface area (Å²) in [4.78, 5) is 10.8. The van der Waals surface area contributed by atoms with Crippen LogP contribution in [0.1, 0.15) is 15.9 Å². The molecule has 0 atom stereocenters. The van der Waals surface area contributed by atoms with Crippen molar-refractivity contribution >= 4 is 6.29 Å². The normalized spacial score (nSPS) is 10.4. The van der Waals surface area contributed by atoms with E-state index in [9.17, 15) is 9.18 Å². The van der Waals surface area contributed by atoms with Crippen LogP contribution in [0.2, 0.25) is 0 Å². The lowest BCUT2D eigenvalue weighted by Crippen LogP contribution is -1.92. The predicted octanol–water partition coefficient (Wildman–Crippen LogP) is 2.35. The first kappa shape index (κ1) is 10.5. The summed E-state index contributed by atoms with van der Waals surface area (Å²) in [6.45, 7) is 1.59. The molecule has 0 aliphatic carbocycles. The Morgan fingerprint density at radius 3 is 2.69 bits per heavy atom. The zero-order valence-electron chi connectivity index (χ0n) is 9.07. The molecule has 0 amide bonds. The Labute approximate surface area is 92.5 Å². The Morgan fingerprint density at radius 2 is 2.12 bits per heavy atom. The maximum absolute atomic E-state index is 13.5. The third-order valence-electron chi connectivity index (χ3n) is 2.55. The number of aromatic nitrogens is 2. The van der Waals surface area contributed by atoms with Gasteiger partial charge in [0.2, 0.25) is 0 Å². The second-order valence-electron chi connectivity index (χ2n) is 3.69. The number of halogens is 1. The van der Waals surface area contributed by atoms with Gasteiger partial charge in [0.25, 0.3) is 0 Å². The van der Waals surface area contributed by atoms with E-state index >= 15 is 0 Å². The number of aldehydes is 1. The van der Waals surface area contributed by atoms with E-state index in [1.54, 1.807) is 37.1 Å². The van der Waals surface area contributed by atoms with Gasteiger partial charge in [0, 0.05) is 24.4 Å². The number of benzene rings is 1. The standard InChI is InChI=1S/C12H11FN2O/c1-8-10(7-16)3-9(4-12(8)13)11-5-14-15(2)6-11/h3-7H,1-2H3. The highest BCUT2D eigenvalue weighted by atomic mass is 19.1. The van der Waals surface area contributed by atoms with Crippen molar-refractivity contribution in [1.82, 2.24) is 9.78 Å². The summed E-state index contributed by atoms with van der Waals surface area (Å²) >= 11 is 0. The van der Waals surface area contributed by atoms with Gasteiger partial charge in [-0.05, 0) is 30.2 Å². The number of nitrogens with zero attached hydrogens (tertiary/aromatic N) is 2. The van der Waals surface area contributed by atoms with E-state index in [4.69, 9.17) is 0 Å². The summed E-state index contributed by atoms with van der Waals surface area (Å²) in [6.07, 6.45) is 4.08. The van der Waals surface area contributed by atoms with Crippen LogP contribution in [0.5, 0.6) is 0 Å². The van der Waals surface area contributed by atoms with Crippen molar-refractivity contribution in [2.24, 2.45) is 7.05 Å². The van der Waals surface area contributed by atoms with Gasteiger partial charge in [-0.2, -0.15) is 5.10 Å². The Hall–Kier alpha value is -1.97. The summed E-state index contributed by atoms with van der Waals surface area (Å²) in [6, 6.07) is 3.09. The summed E-state index contributed by atoms with van der Waals surface area (Å²) in [5, 5.41) is 4.01. The van der Waals surface area contributed by atoms with E-state index in [1.807, 2.05) is 0 Å². The highest BCUT2D eigenvalue weighted by molar-refractivity contribution is 5.81. The van der Waals surface area contributed by atoms with Gasteiger partial charge in [0.1, 0.15) is 12.1 Å². The topological polar surface area (TPSA) is 34.9 Å². The molecule has 1 heterocycles. The van der Waals surface area contributed by atoms with Gasteiger partial charge < -0.3 is 0 Å². The zero-order chi connectivity index (χ0) is 11.7. The fourth-order valence-electron chi connectivity index (χ4n) is 1.56. The maximum Gasteiger partial charge on any atom is 0.150 e. The summed E-state index contributed by atoms with van der Waals surface area (Å²) in [5.74, 6) is -0.372. The van der Waals surface area contributed by atoms with Crippen molar-refractivity contribution in [1.29, 1.82) is 0 Å². The smallest absolute Gasteiger partial charge is 0.150 e. The third-order valence-corrected chi connectivity index (χ3v) is 2.55. The van der Waals surface area contributed by atoms with E-state index in [0.717, 1.165) is 5.56 Å². The molecule has 0 aliphatic heterocycles. The lowest BCUT2D eigenvalue weighted by molar-refractivity contribution is 0.112. The van der Waals surface area contributed by atoms with E-state index < -0.39 is 0 Å². The minimum atomic E-state index is -0.372. The quantitative estimate of drug-likeness (QED) is 0.725. The number of carbonyl (C=O) groups is 1. The second-order valence-corrected chi connectivity index (χ2v) is 3.69. The van der Waals surface area contributed by atoms with Gasteiger partial charge in [0.05, 0.1) is 6.20 Å². The van der Waals surface area contributed by atoms with Gasteiger partial charge in [0.15, 0.2) is 0 Å². The van der Waals surface area contributed by atoms with Crippen LogP contribution in [-0.2, 0) is 7.05 Å². The highest BCUT2D eigenvalue weighted by Gasteiger charge is 2.08. The maximum atomic E-state index is 13.5. The molecule has 0 bridgehead atoms. The molecule has 0 radical (unpaired) electrons. The van der Waals surface area contributed by atoms with Gasteiger partial charge in [-0.15, -0.1) is 0 Å². The molecule has 0 aliphatic rings. The SMILES string of the molecule is Cc1c(F)cc(-c2cnn(C)c2)cc1C=O.